The first-order chi connectivity index (χ1) is 21.0. The Hall–Kier alpha value is -4.80. The molecule has 0 aliphatic heterocycles. The third-order valence-corrected chi connectivity index (χ3v) is 6.97. The van der Waals surface area contributed by atoms with Gasteiger partial charge in [-0.1, -0.05) is 36.4 Å². The minimum absolute atomic E-state index is 0.230. The number of nitrogens with one attached hydrogen (secondary N) is 1. The number of nitrogens with zero attached hydrogens (tertiary/aromatic N) is 1. The predicted molar refractivity (Wildman–Crippen MR) is 164 cm³/mol. The standard InChI is InChI=1S/C34H34F2N2O6/c1-20(2)38-29(16-15-26(39)18-27(40)19-30(41)42)31(21-7-11-23(35)12-8-21)32(22-9-13-24(36)14-10-22)33(38)34(43)37-25-5-4-6-28(17-25)44-3/h4-17,20,26-27,39-40H,18-19H2,1-3H3,(H,37,43)(H,41,42)/t26-,27-/m1/s1. The van der Waals surface area contributed by atoms with E-state index in [4.69, 9.17) is 9.84 Å². The number of methoxy groups -OCH3 is 1. The number of anilines is 1. The zero-order chi connectivity index (χ0) is 32.0. The third kappa shape index (κ3) is 7.58. The summed E-state index contributed by atoms with van der Waals surface area (Å²) in [5, 5.41) is 32.6. The Morgan fingerprint density at radius 3 is 2.07 bits per heavy atom. The maximum Gasteiger partial charge on any atom is 0.305 e. The van der Waals surface area contributed by atoms with Gasteiger partial charge in [0.2, 0.25) is 0 Å². The molecule has 2 atom stereocenters. The van der Waals surface area contributed by atoms with E-state index in [1.807, 2.05) is 13.8 Å². The third-order valence-electron chi connectivity index (χ3n) is 6.97. The highest BCUT2D eigenvalue weighted by molar-refractivity contribution is 6.12. The molecule has 10 heteroatoms. The zero-order valence-corrected chi connectivity index (χ0v) is 24.5. The molecule has 0 aliphatic carbocycles. The number of amides is 1. The van der Waals surface area contributed by atoms with Crippen molar-refractivity contribution in [1.82, 2.24) is 4.57 Å². The van der Waals surface area contributed by atoms with Gasteiger partial charge in [0, 0.05) is 41.0 Å². The summed E-state index contributed by atoms with van der Waals surface area (Å²) in [6.07, 6.45) is -0.261. The fraction of sp³-hybridized carbons (Fsp3) is 0.235. The molecule has 44 heavy (non-hydrogen) atoms. The highest BCUT2D eigenvalue weighted by Crippen LogP contribution is 2.43. The number of hydrogen-bond acceptors (Lipinski definition) is 5. The van der Waals surface area contributed by atoms with Crippen LogP contribution in [0.3, 0.4) is 0 Å². The number of carboxylic acids is 1. The molecule has 4 aromatic rings. The van der Waals surface area contributed by atoms with Crippen molar-refractivity contribution in [3.05, 3.63) is 102 Å². The molecule has 0 unspecified atom stereocenters. The molecule has 1 heterocycles. The van der Waals surface area contributed by atoms with Gasteiger partial charge in [-0.15, -0.1) is 0 Å². The Bertz CT molecular complexity index is 1650. The van der Waals surface area contributed by atoms with Crippen LogP contribution in [0.25, 0.3) is 28.3 Å². The summed E-state index contributed by atoms with van der Waals surface area (Å²) >= 11 is 0. The number of halogens is 2. The van der Waals surface area contributed by atoms with Crippen LogP contribution >= 0.6 is 0 Å². The molecule has 0 spiro atoms. The lowest BCUT2D eigenvalue weighted by molar-refractivity contribution is -0.139. The fourth-order valence-corrected chi connectivity index (χ4v) is 5.07. The Morgan fingerprint density at radius 1 is 0.932 bits per heavy atom. The maximum absolute atomic E-state index is 14.2. The monoisotopic (exact) mass is 604 g/mol. The lowest BCUT2D eigenvalue weighted by Crippen LogP contribution is -2.20. The molecular formula is C34H34F2N2O6. The average Bonchev–Trinajstić information content (AvgIpc) is 3.32. The molecule has 0 bridgehead atoms. The number of carboxylic acid groups (broad SMARTS) is 1. The summed E-state index contributed by atoms with van der Waals surface area (Å²) in [6.45, 7) is 3.74. The van der Waals surface area contributed by atoms with Crippen LogP contribution in [0.15, 0.2) is 78.9 Å². The van der Waals surface area contributed by atoms with Crippen molar-refractivity contribution >= 4 is 23.6 Å². The van der Waals surface area contributed by atoms with Crippen molar-refractivity contribution in [3.63, 3.8) is 0 Å². The minimum Gasteiger partial charge on any atom is -0.497 e. The normalized spacial score (nSPS) is 12.8. The number of carbonyl (C=O) groups is 2. The second-order valence-corrected chi connectivity index (χ2v) is 10.6. The smallest absolute Gasteiger partial charge is 0.305 e. The molecule has 230 valence electrons. The maximum atomic E-state index is 14.2. The van der Waals surface area contributed by atoms with Crippen molar-refractivity contribution in [1.29, 1.82) is 0 Å². The molecular weight excluding hydrogens is 570 g/mol. The topological polar surface area (TPSA) is 121 Å². The van der Waals surface area contributed by atoms with E-state index in [1.54, 1.807) is 59.2 Å². The van der Waals surface area contributed by atoms with Crippen LogP contribution in [-0.2, 0) is 4.79 Å². The van der Waals surface area contributed by atoms with E-state index in [0.717, 1.165) is 0 Å². The predicted octanol–water partition coefficient (Wildman–Crippen LogP) is 6.54. The molecule has 8 nitrogen and oxygen atoms in total. The summed E-state index contributed by atoms with van der Waals surface area (Å²) in [5.74, 6) is -2.07. The van der Waals surface area contributed by atoms with Crippen LogP contribution < -0.4 is 10.1 Å². The molecule has 4 rings (SSSR count). The Balaban J connectivity index is 1.97. The molecule has 3 aromatic carbocycles. The number of aromatic nitrogens is 1. The largest absolute Gasteiger partial charge is 0.497 e. The summed E-state index contributed by atoms with van der Waals surface area (Å²) in [5.41, 5.74) is 3.23. The van der Waals surface area contributed by atoms with Crippen LogP contribution in [-0.4, -0.2) is 51.1 Å². The van der Waals surface area contributed by atoms with Gasteiger partial charge in [-0.2, -0.15) is 0 Å². The van der Waals surface area contributed by atoms with E-state index in [0.29, 0.717) is 39.4 Å². The number of aliphatic carboxylic acids is 1. The number of rotatable bonds is 12. The van der Waals surface area contributed by atoms with E-state index in [-0.39, 0.29) is 18.2 Å². The highest BCUT2D eigenvalue weighted by Gasteiger charge is 2.30. The van der Waals surface area contributed by atoms with Crippen molar-refractivity contribution in [2.24, 2.45) is 0 Å². The van der Waals surface area contributed by atoms with Gasteiger partial charge in [0.05, 0.1) is 25.7 Å². The Labute approximate surface area is 253 Å². The van der Waals surface area contributed by atoms with Crippen molar-refractivity contribution in [2.75, 3.05) is 12.4 Å². The molecule has 0 saturated carbocycles. The number of benzene rings is 3. The van der Waals surface area contributed by atoms with Crippen LogP contribution in [0, 0.1) is 11.6 Å². The summed E-state index contributed by atoms with van der Waals surface area (Å²) < 4.78 is 35.2. The van der Waals surface area contributed by atoms with Gasteiger partial charge in [-0.3, -0.25) is 9.59 Å². The fourth-order valence-electron chi connectivity index (χ4n) is 5.07. The van der Waals surface area contributed by atoms with Crippen LogP contribution in [0.1, 0.15) is 48.9 Å². The van der Waals surface area contributed by atoms with Crippen molar-refractivity contribution in [3.8, 4) is 28.0 Å². The average molecular weight is 605 g/mol. The van der Waals surface area contributed by atoms with Gasteiger partial charge in [0.1, 0.15) is 23.1 Å². The van der Waals surface area contributed by atoms with E-state index in [9.17, 15) is 28.6 Å². The van der Waals surface area contributed by atoms with E-state index >= 15 is 0 Å². The van der Waals surface area contributed by atoms with E-state index in [1.165, 1.54) is 37.5 Å². The Morgan fingerprint density at radius 2 is 1.52 bits per heavy atom. The molecule has 0 fully saturated rings. The van der Waals surface area contributed by atoms with Crippen LogP contribution in [0.2, 0.25) is 0 Å². The van der Waals surface area contributed by atoms with Gasteiger partial charge in [0.25, 0.3) is 5.91 Å². The second-order valence-electron chi connectivity index (χ2n) is 10.6. The van der Waals surface area contributed by atoms with E-state index < -0.39 is 42.1 Å². The second kappa shape index (κ2) is 14.1. The number of carbonyl (C=O) groups excluding carboxylic acids is 1. The number of hydrogen-bond donors (Lipinski definition) is 4. The molecule has 0 saturated heterocycles. The summed E-state index contributed by atoms with van der Waals surface area (Å²) in [4.78, 5) is 25.2. The zero-order valence-electron chi connectivity index (χ0n) is 24.5. The van der Waals surface area contributed by atoms with Crippen molar-refractivity contribution < 1.29 is 38.4 Å². The highest BCUT2D eigenvalue weighted by atomic mass is 19.1. The summed E-state index contributed by atoms with van der Waals surface area (Å²) in [6, 6.07) is 17.9. The van der Waals surface area contributed by atoms with Crippen LogP contribution in [0.5, 0.6) is 5.75 Å². The SMILES string of the molecule is COc1cccc(NC(=O)c2c(-c3ccc(F)cc3)c(-c3ccc(F)cc3)c(C=C[C@@H](O)C[C@@H](O)CC(=O)O)n2C(C)C)c1. The van der Waals surface area contributed by atoms with Gasteiger partial charge in [-0.05, 0) is 67.4 Å². The Kier molecular flexibility index (Phi) is 10.3. The quantitative estimate of drug-likeness (QED) is 0.146. The first-order valence-electron chi connectivity index (χ1n) is 14.0. The first-order valence-corrected chi connectivity index (χ1v) is 14.0. The molecule has 4 N–H and O–H groups in total. The lowest BCUT2D eigenvalue weighted by Gasteiger charge is -2.17. The molecule has 1 amide bonds. The molecule has 0 radical (unpaired) electrons. The number of aliphatic hydroxyl groups excluding tert-OH is 2. The number of ether oxygens (including phenoxy) is 1. The number of aliphatic hydroxyl groups is 2. The minimum atomic E-state index is -1.28. The first kappa shape index (κ1) is 32.1. The summed E-state index contributed by atoms with van der Waals surface area (Å²) in [7, 11) is 1.51. The lowest BCUT2D eigenvalue weighted by atomic mass is 9.94. The van der Waals surface area contributed by atoms with Crippen LogP contribution in [0.4, 0.5) is 14.5 Å². The van der Waals surface area contributed by atoms with Crippen molar-refractivity contribution in [2.45, 2.75) is 44.9 Å². The van der Waals surface area contributed by atoms with Gasteiger partial charge < -0.3 is 29.9 Å². The van der Waals surface area contributed by atoms with Gasteiger partial charge in [-0.25, -0.2) is 8.78 Å². The van der Waals surface area contributed by atoms with Gasteiger partial charge >= 0.3 is 5.97 Å². The molecule has 0 aliphatic rings. The van der Waals surface area contributed by atoms with Gasteiger partial charge in [0.15, 0.2) is 0 Å². The van der Waals surface area contributed by atoms with E-state index in [2.05, 4.69) is 5.32 Å². The molecule has 1 aromatic heterocycles.